The summed E-state index contributed by atoms with van der Waals surface area (Å²) in [5.74, 6) is 1.20. The SMILES string of the molecule is Cc1cc(NC(=O)C2CCN(c3ccnc4ccccc34)CC2)no1. The van der Waals surface area contributed by atoms with Crippen LogP contribution in [0.2, 0.25) is 0 Å². The van der Waals surface area contributed by atoms with Crippen molar-refractivity contribution in [3.63, 3.8) is 0 Å². The van der Waals surface area contributed by atoms with Gasteiger partial charge >= 0.3 is 0 Å². The number of piperidine rings is 1. The van der Waals surface area contributed by atoms with E-state index in [0.717, 1.165) is 36.8 Å². The molecule has 6 heteroatoms. The Morgan fingerprint density at radius 3 is 2.80 bits per heavy atom. The molecule has 1 saturated heterocycles. The fraction of sp³-hybridized carbons (Fsp3) is 0.316. The van der Waals surface area contributed by atoms with E-state index in [2.05, 4.69) is 32.5 Å². The zero-order chi connectivity index (χ0) is 17.2. The second-order valence-electron chi connectivity index (χ2n) is 6.42. The summed E-state index contributed by atoms with van der Waals surface area (Å²) < 4.78 is 4.99. The van der Waals surface area contributed by atoms with Crippen molar-refractivity contribution in [2.75, 3.05) is 23.3 Å². The fourth-order valence-corrected chi connectivity index (χ4v) is 3.39. The monoisotopic (exact) mass is 336 g/mol. The molecule has 1 amide bonds. The number of anilines is 2. The molecule has 0 bridgehead atoms. The van der Waals surface area contributed by atoms with Crippen LogP contribution in [0.15, 0.2) is 47.1 Å². The van der Waals surface area contributed by atoms with E-state index in [1.807, 2.05) is 24.4 Å². The Kier molecular flexibility index (Phi) is 4.09. The molecule has 0 unspecified atom stereocenters. The zero-order valence-electron chi connectivity index (χ0n) is 14.1. The van der Waals surface area contributed by atoms with Crippen molar-refractivity contribution in [1.82, 2.24) is 10.1 Å². The predicted molar refractivity (Wildman–Crippen MR) is 96.5 cm³/mol. The topological polar surface area (TPSA) is 71.3 Å². The van der Waals surface area contributed by atoms with Crippen LogP contribution in [-0.4, -0.2) is 29.1 Å². The van der Waals surface area contributed by atoms with Gasteiger partial charge in [0, 0.05) is 42.3 Å². The minimum atomic E-state index is 0.00126. The molecular weight excluding hydrogens is 316 g/mol. The van der Waals surface area contributed by atoms with E-state index in [1.54, 1.807) is 13.0 Å². The lowest BCUT2D eigenvalue weighted by atomic mass is 9.95. The number of carbonyl (C=O) groups is 1. The lowest BCUT2D eigenvalue weighted by Crippen LogP contribution is -2.38. The van der Waals surface area contributed by atoms with Gasteiger partial charge in [0.25, 0.3) is 0 Å². The maximum Gasteiger partial charge on any atom is 0.228 e. The van der Waals surface area contributed by atoms with E-state index in [-0.39, 0.29) is 11.8 Å². The van der Waals surface area contributed by atoms with Crippen LogP contribution in [0.25, 0.3) is 10.9 Å². The third-order valence-electron chi connectivity index (χ3n) is 4.71. The number of para-hydroxylation sites is 1. The summed E-state index contributed by atoms with van der Waals surface area (Å²) in [4.78, 5) is 19.2. The number of rotatable bonds is 3. The molecule has 4 rings (SSSR count). The predicted octanol–water partition coefficient (Wildman–Crippen LogP) is 3.39. The van der Waals surface area contributed by atoms with Gasteiger partial charge in [-0.15, -0.1) is 0 Å². The van der Waals surface area contributed by atoms with E-state index in [1.165, 1.54) is 5.69 Å². The van der Waals surface area contributed by atoms with E-state index < -0.39 is 0 Å². The summed E-state index contributed by atoms with van der Waals surface area (Å²) in [5, 5.41) is 7.83. The van der Waals surface area contributed by atoms with Gasteiger partial charge in [-0.1, -0.05) is 23.4 Å². The Morgan fingerprint density at radius 1 is 1.24 bits per heavy atom. The molecule has 0 spiro atoms. The summed E-state index contributed by atoms with van der Waals surface area (Å²) in [5.41, 5.74) is 2.19. The van der Waals surface area contributed by atoms with Gasteiger partial charge in [-0.3, -0.25) is 9.78 Å². The first-order valence-electron chi connectivity index (χ1n) is 8.53. The van der Waals surface area contributed by atoms with E-state index in [0.29, 0.717) is 11.6 Å². The average Bonchev–Trinajstić information content (AvgIpc) is 3.06. The van der Waals surface area contributed by atoms with Crippen molar-refractivity contribution in [3.05, 3.63) is 48.4 Å². The van der Waals surface area contributed by atoms with Crippen LogP contribution >= 0.6 is 0 Å². The van der Waals surface area contributed by atoms with Crippen molar-refractivity contribution in [2.45, 2.75) is 19.8 Å². The summed E-state index contributed by atoms with van der Waals surface area (Å²) in [6, 6.07) is 12.0. The van der Waals surface area contributed by atoms with Crippen LogP contribution in [-0.2, 0) is 4.79 Å². The molecule has 6 nitrogen and oxygen atoms in total. The molecule has 2 aromatic heterocycles. The zero-order valence-corrected chi connectivity index (χ0v) is 14.1. The molecule has 1 fully saturated rings. The third kappa shape index (κ3) is 3.20. The normalized spacial score (nSPS) is 15.5. The van der Waals surface area contributed by atoms with Crippen molar-refractivity contribution in [2.24, 2.45) is 5.92 Å². The number of fused-ring (bicyclic) bond motifs is 1. The maximum atomic E-state index is 12.4. The van der Waals surface area contributed by atoms with Crippen LogP contribution in [0, 0.1) is 12.8 Å². The number of aromatic nitrogens is 2. The lowest BCUT2D eigenvalue weighted by molar-refractivity contribution is -0.120. The molecule has 0 atom stereocenters. The summed E-state index contributed by atoms with van der Waals surface area (Å²) >= 11 is 0. The molecule has 0 saturated carbocycles. The van der Waals surface area contributed by atoms with Crippen LogP contribution in [0.3, 0.4) is 0 Å². The van der Waals surface area contributed by atoms with E-state index in [4.69, 9.17) is 4.52 Å². The number of benzene rings is 1. The largest absolute Gasteiger partial charge is 0.371 e. The van der Waals surface area contributed by atoms with Gasteiger partial charge in [-0.05, 0) is 31.9 Å². The Morgan fingerprint density at radius 2 is 2.04 bits per heavy atom. The number of hydrogen-bond acceptors (Lipinski definition) is 5. The Balaban J connectivity index is 1.43. The average molecular weight is 336 g/mol. The Hall–Kier alpha value is -2.89. The van der Waals surface area contributed by atoms with Gasteiger partial charge in [-0.25, -0.2) is 0 Å². The number of pyridine rings is 1. The summed E-state index contributed by atoms with van der Waals surface area (Å²) in [6.07, 6.45) is 3.49. The molecule has 1 aliphatic heterocycles. The molecule has 128 valence electrons. The molecule has 1 aromatic carbocycles. The van der Waals surface area contributed by atoms with E-state index >= 15 is 0 Å². The quantitative estimate of drug-likeness (QED) is 0.794. The second kappa shape index (κ2) is 6.55. The number of aryl methyl sites for hydroxylation is 1. The number of nitrogens with one attached hydrogen (secondary N) is 1. The molecule has 1 N–H and O–H groups in total. The van der Waals surface area contributed by atoms with Gasteiger partial charge < -0.3 is 14.7 Å². The minimum Gasteiger partial charge on any atom is -0.371 e. The first-order valence-corrected chi connectivity index (χ1v) is 8.53. The van der Waals surface area contributed by atoms with Gasteiger partial charge in [-0.2, -0.15) is 0 Å². The standard InChI is InChI=1S/C19H20N4O2/c1-13-12-18(22-25-13)21-19(24)14-7-10-23(11-8-14)17-6-9-20-16-5-3-2-4-15(16)17/h2-6,9,12,14H,7-8,10-11H2,1H3,(H,21,22,24). The highest BCUT2D eigenvalue weighted by atomic mass is 16.5. The molecule has 25 heavy (non-hydrogen) atoms. The third-order valence-corrected chi connectivity index (χ3v) is 4.71. The second-order valence-corrected chi connectivity index (χ2v) is 6.42. The van der Waals surface area contributed by atoms with Gasteiger partial charge in [0.05, 0.1) is 5.52 Å². The van der Waals surface area contributed by atoms with Crippen LogP contribution < -0.4 is 10.2 Å². The highest BCUT2D eigenvalue weighted by Gasteiger charge is 2.26. The summed E-state index contributed by atoms with van der Waals surface area (Å²) in [6.45, 7) is 3.51. The van der Waals surface area contributed by atoms with Crippen LogP contribution in [0.5, 0.6) is 0 Å². The first kappa shape index (κ1) is 15.6. The van der Waals surface area contributed by atoms with Crippen LogP contribution in [0.4, 0.5) is 11.5 Å². The maximum absolute atomic E-state index is 12.4. The van der Waals surface area contributed by atoms with Crippen LogP contribution in [0.1, 0.15) is 18.6 Å². The molecule has 0 aliphatic carbocycles. The molecule has 1 aliphatic rings. The number of nitrogens with zero attached hydrogens (tertiary/aromatic N) is 3. The van der Waals surface area contributed by atoms with Crippen molar-refractivity contribution in [1.29, 1.82) is 0 Å². The fourth-order valence-electron chi connectivity index (χ4n) is 3.39. The van der Waals surface area contributed by atoms with Gasteiger partial charge in [0.2, 0.25) is 5.91 Å². The molecule has 3 heterocycles. The first-order chi connectivity index (χ1) is 12.2. The minimum absolute atomic E-state index is 0.00126. The van der Waals surface area contributed by atoms with E-state index in [9.17, 15) is 4.79 Å². The summed E-state index contributed by atoms with van der Waals surface area (Å²) in [7, 11) is 0. The van der Waals surface area contributed by atoms with Crippen molar-refractivity contribution < 1.29 is 9.32 Å². The lowest BCUT2D eigenvalue weighted by Gasteiger charge is -2.33. The molecule has 0 radical (unpaired) electrons. The van der Waals surface area contributed by atoms with Gasteiger partial charge in [0.1, 0.15) is 5.76 Å². The smallest absolute Gasteiger partial charge is 0.228 e. The van der Waals surface area contributed by atoms with Crippen molar-refractivity contribution in [3.8, 4) is 0 Å². The number of carbonyl (C=O) groups excluding carboxylic acids is 1. The number of hydrogen-bond donors (Lipinski definition) is 1. The van der Waals surface area contributed by atoms with Gasteiger partial charge in [0.15, 0.2) is 5.82 Å². The van der Waals surface area contributed by atoms with Crippen molar-refractivity contribution >= 4 is 28.3 Å². The highest BCUT2D eigenvalue weighted by molar-refractivity contribution is 5.93. The molecular formula is C19H20N4O2. The molecule has 3 aromatic rings. The highest BCUT2D eigenvalue weighted by Crippen LogP contribution is 2.29. The Labute approximate surface area is 145 Å². The number of amides is 1. The Bertz CT molecular complexity index is 892.